The van der Waals surface area contributed by atoms with Crippen LogP contribution >= 0.6 is 0 Å². The van der Waals surface area contributed by atoms with Crippen LogP contribution in [0.3, 0.4) is 0 Å². The first-order valence-corrected chi connectivity index (χ1v) is 7.37. The van der Waals surface area contributed by atoms with Gasteiger partial charge in [-0.2, -0.15) is 5.26 Å². The van der Waals surface area contributed by atoms with Crippen molar-refractivity contribution in [2.24, 2.45) is 0 Å². The van der Waals surface area contributed by atoms with Crippen molar-refractivity contribution in [2.75, 3.05) is 32.8 Å². The maximum Gasteiger partial charge on any atom is 0.409 e. The normalized spacial score (nSPS) is 16.0. The highest BCUT2D eigenvalue weighted by Crippen LogP contribution is 2.08. The molecule has 1 saturated heterocycles. The molecule has 0 aliphatic carbocycles. The number of hydrogen-bond acceptors (Lipinski definition) is 5. The average Bonchev–Trinajstić information content (AvgIpc) is 2.43. The number of nitrogens with one attached hydrogen (secondary N) is 1. The Labute approximate surface area is 131 Å². The van der Waals surface area contributed by atoms with E-state index in [0.717, 1.165) is 0 Å². The fourth-order valence-corrected chi connectivity index (χ4v) is 1.98. The molecule has 0 bridgehead atoms. The molecule has 0 aromatic heterocycles. The smallest absolute Gasteiger partial charge is 0.409 e. The molecule has 7 nitrogen and oxygen atoms in total. The molecule has 1 N–H and O–H groups in total. The zero-order valence-electron chi connectivity index (χ0n) is 13.7. The van der Waals surface area contributed by atoms with Crippen molar-refractivity contribution in [3.63, 3.8) is 0 Å². The van der Waals surface area contributed by atoms with Crippen LogP contribution in [0.15, 0.2) is 11.8 Å². The summed E-state index contributed by atoms with van der Waals surface area (Å²) in [6.45, 7) is 9.84. The van der Waals surface area contributed by atoms with E-state index in [4.69, 9.17) is 10.00 Å². The second kappa shape index (κ2) is 7.69. The maximum absolute atomic E-state index is 12.0. The average molecular weight is 308 g/mol. The summed E-state index contributed by atoms with van der Waals surface area (Å²) in [5.41, 5.74) is -0.324. The van der Waals surface area contributed by atoms with Crippen molar-refractivity contribution >= 4 is 12.0 Å². The van der Waals surface area contributed by atoms with Crippen molar-refractivity contribution in [1.29, 1.82) is 5.26 Å². The third-order valence-electron chi connectivity index (χ3n) is 3.01. The van der Waals surface area contributed by atoms with E-state index in [0.29, 0.717) is 32.8 Å². The molecule has 22 heavy (non-hydrogen) atoms. The van der Waals surface area contributed by atoms with Crippen LogP contribution in [0.4, 0.5) is 4.79 Å². The fraction of sp³-hybridized carbons (Fsp3) is 0.667. The Morgan fingerprint density at radius 1 is 1.27 bits per heavy atom. The monoisotopic (exact) mass is 308 g/mol. The Balaban J connectivity index is 2.61. The van der Waals surface area contributed by atoms with Crippen LogP contribution in [0.1, 0.15) is 27.7 Å². The molecule has 0 saturated carbocycles. The van der Waals surface area contributed by atoms with Crippen molar-refractivity contribution in [3.8, 4) is 6.07 Å². The molecule has 0 spiro atoms. The van der Waals surface area contributed by atoms with Gasteiger partial charge in [-0.1, -0.05) is 0 Å². The number of hydrogen-bond donors (Lipinski definition) is 1. The molecule has 0 unspecified atom stereocenters. The molecule has 7 heteroatoms. The highest BCUT2D eigenvalue weighted by molar-refractivity contribution is 5.97. The van der Waals surface area contributed by atoms with Crippen molar-refractivity contribution in [1.82, 2.24) is 15.1 Å². The third kappa shape index (κ3) is 5.64. The highest BCUT2D eigenvalue weighted by atomic mass is 16.6. The summed E-state index contributed by atoms with van der Waals surface area (Å²) in [5.74, 6) is -0.386. The van der Waals surface area contributed by atoms with E-state index >= 15 is 0 Å². The minimum atomic E-state index is -0.393. The summed E-state index contributed by atoms with van der Waals surface area (Å²) in [4.78, 5) is 27.1. The molecule has 1 rings (SSSR count). The lowest BCUT2D eigenvalue weighted by atomic mass is 10.1. The lowest BCUT2D eigenvalue weighted by Crippen LogP contribution is -2.47. The number of amides is 2. The summed E-state index contributed by atoms with van der Waals surface area (Å²) in [6, 6.07) is 1.93. The number of nitrogens with zero attached hydrogens (tertiary/aromatic N) is 3. The first kappa shape index (κ1) is 17.8. The minimum absolute atomic E-state index is 0.0690. The molecular formula is C15H24N4O3. The van der Waals surface area contributed by atoms with Crippen LogP contribution in [-0.2, 0) is 9.53 Å². The summed E-state index contributed by atoms with van der Waals surface area (Å²) in [5, 5.41) is 11.9. The Kier molecular flexibility index (Phi) is 6.23. The van der Waals surface area contributed by atoms with Gasteiger partial charge in [-0.3, -0.25) is 4.79 Å². The van der Waals surface area contributed by atoms with E-state index in [1.54, 1.807) is 18.0 Å². The molecule has 1 aliphatic heterocycles. The molecule has 1 aliphatic rings. The first-order chi connectivity index (χ1) is 10.3. The number of ether oxygens (including phenoxy) is 1. The minimum Gasteiger partial charge on any atom is -0.450 e. The lowest BCUT2D eigenvalue weighted by Gasteiger charge is -2.33. The van der Waals surface area contributed by atoms with E-state index in [1.807, 2.05) is 31.7 Å². The van der Waals surface area contributed by atoms with E-state index in [1.165, 1.54) is 0 Å². The predicted molar refractivity (Wildman–Crippen MR) is 81.8 cm³/mol. The summed E-state index contributed by atoms with van der Waals surface area (Å²) >= 11 is 0. The van der Waals surface area contributed by atoms with Crippen LogP contribution in [0.25, 0.3) is 0 Å². The standard InChI is InChI=1S/C15H24N4O3/c1-5-22-14(21)19-8-6-18(7-9-19)11-12(10-16)13(20)17-15(2,3)4/h11H,5-9H2,1-4H3,(H,17,20)/b12-11-. The zero-order valence-corrected chi connectivity index (χ0v) is 13.7. The fourth-order valence-electron chi connectivity index (χ4n) is 1.98. The summed E-state index contributed by atoms with van der Waals surface area (Å²) in [6.07, 6.45) is 1.24. The quantitative estimate of drug-likeness (QED) is 0.623. The highest BCUT2D eigenvalue weighted by Gasteiger charge is 2.22. The SMILES string of the molecule is CCOC(=O)N1CCN(/C=C(/C#N)C(=O)NC(C)(C)C)CC1. The van der Waals surface area contributed by atoms with Gasteiger partial charge in [0.25, 0.3) is 5.91 Å². The van der Waals surface area contributed by atoms with Gasteiger partial charge in [0.05, 0.1) is 6.61 Å². The first-order valence-electron chi connectivity index (χ1n) is 7.37. The van der Waals surface area contributed by atoms with E-state index in [2.05, 4.69) is 5.32 Å². The Morgan fingerprint density at radius 3 is 2.32 bits per heavy atom. The number of carbonyl (C=O) groups is 2. The molecule has 0 aromatic carbocycles. The van der Waals surface area contributed by atoms with Crippen LogP contribution in [0.5, 0.6) is 0 Å². The van der Waals surface area contributed by atoms with Gasteiger partial charge in [0.2, 0.25) is 0 Å². The molecular weight excluding hydrogens is 284 g/mol. The van der Waals surface area contributed by atoms with Crippen molar-refractivity contribution < 1.29 is 14.3 Å². The van der Waals surface area contributed by atoms with Crippen molar-refractivity contribution in [2.45, 2.75) is 33.2 Å². The predicted octanol–water partition coefficient (Wildman–Crippen LogP) is 1.08. The second-order valence-corrected chi connectivity index (χ2v) is 6.08. The van der Waals surface area contributed by atoms with Gasteiger partial charge in [-0.25, -0.2) is 4.79 Å². The Hall–Kier alpha value is -2.23. The molecule has 2 amide bonds. The third-order valence-corrected chi connectivity index (χ3v) is 3.01. The van der Waals surface area contributed by atoms with Crippen molar-refractivity contribution in [3.05, 3.63) is 11.8 Å². The molecule has 1 heterocycles. The largest absolute Gasteiger partial charge is 0.450 e. The number of piperazine rings is 1. The molecule has 0 atom stereocenters. The van der Waals surface area contributed by atoms with E-state index in [9.17, 15) is 9.59 Å². The van der Waals surface area contributed by atoms with Crippen LogP contribution in [0.2, 0.25) is 0 Å². The number of rotatable bonds is 3. The Bertz CT molecular complexity index is 480. The van der Waals surface area contributed by atoms with Crippen LogP contribution in [-0.4, -0.2) is 60.1 Å². The maximum atomic E-state index is 12.0. The summed E-state index contributed by atoms with van der Waals surface area (Å²) in [7, 11) is 0. The van der Waals surface area contributed by atoms with Gasteiger partial charge < -0.3 is 19.9 Å². The molecule has 122 valence electrons. The van der Waals surface area contributed by atoms with Gasteiger partial charge in [0, 0.05) is 37.9 Å². The number of nitriles is 1. The van der Waals surface area contributed by atoms with Gasteiger partial charge in [-0.05, 0) is 27.7 Å². The van der Waals surface area contributed by atoms with Gasteiger partial charge >= 0.3 is 6.09 Å². The van der Waals surface area contributed by atoms with Crippen LogP contribution in [0, 0.1) is 11.3 Å². The number of carbonyl (C=O) groups excluding carboxylic acids is 2. The molecule has 0 radical (unpaired) electrons. The van der Waals surface area contributed by atoms with Gasteiger partial charge in [0.1, 0.15) is 11.6 Å². The topological polar surface area (TPSA) is 85.7 Å². The lowest BCUT2D eigenvalue weighted by molar-refractivity contribution is -0.118. The van der Waals surface area contributed by atoms with E-state index < -0.39 is 5.54 Å². The molecule has 0 aromatic rings. The second-order valence-electron chi connectivity index (χ2n) is 6.08. The summed E-state index contributed by atoms with van der Waals surface area (Å²) < 4.78 is 4.95. The Morgan fingerprint density at radius 2 is 1.86 bits per heavy atom. The van der Waals surface area contributed by atoms with Crippen LogP contribution < -0.4 is 5.32 Å². The van der Waals surface area contributed by atoms with E-state index in [-0.39, 0.29) is 17.6 Å². The zero-order chi connectivity index (χ0) is 16.8. The van der Waals surface area contributed by atoms with Gasteiger partial charge in [-0.15, -0.1) is 0 Å². The van der Waals surface area contributed by atoms with Gasteiger partial charge in [0.15, 0.2) is 0 Å². The molecule has 1 fully saturated rings.